The third-order valence-corrected chi connectivity index (χ3v) is 12.3. The molecule has 0 aliphatic heterocycles. The molecule has 0 saturated heterocycles. The molecule has 0 spiro atoms. The van der Waals surface area contributed by atoms with Crippen LogP contribution >= 0.6 is 0 Å². The molecule has 9 aromatic rings. The lowest BCUT2D eigenvalue weighted by atomic mass is 9.60. The van der Waals surface area contributed by atoms with Gasteiger partial charge in [-0.1, -0.05) is 121 Å². The van der Waals surface area contributed by atoms with Crippen molar-refractivity contribution in [3.05, 3.63) is 139 Å². The summed E-state index contributed by atoms with van der Waals surface area (Å²) in [7, 11) is 11.1. The van der Waals surface area contributed by atoms with E-state index in [1.54, 1.807) is 0 Å². The first-order valence-corrected chi connectivity index (χ1v) is 19.6. The van der Waals surface area contributed by atoms with E-state index in [0.29, 0.717) is 23.5 Å². The van der Waals surface area contributed by atoms with Gasteiger partial charge in [0.2, 0.25) is 5.95 Å². The van der Waals surface area contributed by atoms with Crippen LogP contribution in [0, 0.1) is 5.92 Å². The van der Waals surface area contributed by atoms with E-state index in [0.717, 1.165) is 39.7 Å². The second kappa shape index (κ2) is 13.2. The molecule has 0 saturated carbocycles. The largest absolute Gasteiger partial charge is 0.313 e. The first-order chi connectivity index (χ1) is 27.3. The van der Waals surface area contributed by atoms with Crippen molar-refractivity contribution in [2.75, 3.05) is 0 Å². The quantitative estimate of drug-likeness (QED) is 0.258. The van der Waals surface area contributed by atoms with Crippen molar-refractivity contribution in [2.45, 2.75) is 13.3 Å². The van der Waals surface area contributed by atoms with Gasteiger partial charge in [-0.05, 0) is 53.8 Å². The maximum atomic E-state index is 5.46. The maximum absolute atomic E-state index is 5.46. The van der Waals surface area contributed by atoms with Crippen LogP contribution in [0.5, 0.6) is 0 Å². The number of aromatic nitrogens is 5. The van der Waals surface area contributed by atoms with Crippen molar-refractivity contribution >= 4 is 105 Å². The molecular formula is C46H38B5N5. The zero-order valence-corrected chi connectivity index (χ0v) is 32.7. The highest BCUT2D eigenvalue weighted by molar-refractivity contribution is 6.68. The molecule has 10 rings (SSSR count). The van der Waals surface area contributed by atoms with Crippen LogP contribution in [0.15, 0.2) is 127 Å². The highest BCUT2D eigenvalue weighted by atomic mass is 15.2. The van der Waals surface area contributed by atoms with Crippen LogP contribution in [0.25, 0.3) is 84.3 Å². The summed E-state index contributed by atoms with van der Waals surface area (Å²) in [6.45, 7) is 2.31. The Morgan fingerprint density at radius 3 is 1.86 bits per heavy atom. The average molecular weight is 715 g/mol. The van der Waals surface area contributed by atoms with Crippen molar-refractivity contribution in [2.24, 2.45) is 5.92 Å². The van der Waals surface area contributed by atoms with Crippen LogP contribution in [0.2, 0.25) is 0 Å². The molecule has 0 N–H and O–H groups in total. The van der Waals surface area contributed by atoms with Gasteiger partial charge in [-0.2, -0.15) is 9.97 Å². The van der Waals surface area contributed by atoms with E-state index in [2.05, 4.69) is 189 Å². The number of fused-ring (bicyclic) bond motifs is 7. The Hall–Kier alpha value is -6.27. The monoisotopic (exact) mass is 715 g/mol. The van der Waals surface area contributed by atoms with E-state index in [-0.39, 0.29) is 0 Å². The van der Waals surface area contributed by atoms with Crippen molar-refractivity contribution in [1.82, 2.24) is 24.1 Å². The van der Waals surface area contributed by atoms with E-state index in [9.17, 15) is 0 Å². The van der Waals surface area contributed by atoms with E-state index in [1.807, 2.05) is 0 Å². The van der Waals surface area contributed by atoms with E-state index in [1.165, 1.54) is 65.9 Å². The topological polar surface area (TPSA) is 48.5 Å². The minimum absolute atomic E-state index is 0.452. The summed E-state index contributed by atoms with van der Waals surface area (Å²) >= 11 is 0. The lowest BCUT2D eigenvalue weighted by molar-refractivity contribution is 0.690. The number of benzene rings is 6. The van der Waals surface area contributed by atoms with Gasteiger partial charge in [-0.25, -0.2) is 4.98 Å². The zero-order valence-electron chi connectivity index (χ0n) is 32.7. The van der Waals surface area contributed by atoms with Gasteiger partial charge in [-0.3, -0.25) is 4.57 Å². The molecule has 0 radical (unpaired) electrons. The smallest absolute Gasteiger partial charge is 0.238 e. The third-order valence-electron chi connectivity index (χ3n) is 12.3. The maximum Gasteiger partial charge on any atom is 0.238 e. The number of nitrogens with zero attached hydrogens (tertiary/aromatic N) is 5. The van der Waals surface area contributed by atoms with Crippen LogP contribution in [0.3, 0.4) is 0 Å². The molecule has 10 heteroatoms. The minimum Gasteiger partial charge on any atom is -0.313 e. The Morgan fingerprint density at radius 1 is 0.536 bits per heavy atom. The molecular weight excluding hydrogens is 677 g/mol. The van der Waals surface area contributed by atoms with Gasteiger partial charge in [0.25, 0.3) is 0 Å². The predicted molar refractivity (Wildman–Crippen MR) is 250 cm³/mol. The summed E-state index contributed by atoms with van der Waals surface area (Å²) in [6.07, 6.45) is 5.69. The molecule has 1 unspecified atom stereocenters. The Morgan fingerprint density at radius 2 is 1.12 bits per heavy atom. The van der Waals surface area contributed by atoms with Crippen LogP contribution < -0.4 is 27.3 Å². The molecule has 3 heterocycles. The van der Waals surface area contributed by atoms with Gasteiger partial charge < -0.3 is 4.57 Å². The molecule has 3 aromatic heterocycles. The number of allylic oxidation sites excluding steroid dienone is 1. The van der Waals surface area contributed by atoms with Crippen molar-refractivity contribution in [3.8, 4) is 45.5 Å². The third kappa shape index (κ3) is 5.19. The molecule has 1 aliphatic rings. The lowest BCUT2D eigenvalue weighted by Gasteiger charge is -2.20. The fourth-order valence-corrected chi connectivity index (χ4v) is 9.10. The van der Waals surface area contributed by atoms with E-state index >= 15 is 0 Å². The molecule has 56 heavy (non-hydrogen) atoms. The molecule has 0 fully saturated rings. The van der Waals surface area contributed by atoms with E-state index in [4.69, 9.17) is 15.0 Å². The highest BCUT2D eigenvalue weighted by Gasteiger charge is 2.27. The fraction of sp³-hybridized carbons (Fsp3) is 0.0652. The standard InChI is InChI=1S/C46H38B5N5/c1-25-20-21-31-35(24-25)55(27-14-6-3-7-15-27)33-22-23-34-36(37(31)33)30-18-10-11-19-32(30)56(34)46-53-44(29-17-9-8-16-28(29)26-12-4-2-5-13-26)52-45(54-46)38-39(47)41(49)43(51)42(50)40(38)48/h2-23,25H,24,47-51H2,1H3. The van der Waals surface area contributed by atoms with Gasteiger partial charge in [-0.15, -0.1) is 16.4 Å². The number of hydrogen-bond donors (Lipinski definition) is 0. The second-order valence-corrected chi connectivity index (χ2v) is 15.5. The Bertz CT molecular complexity index is 3050. The van der Waals surface area contributed by atoms with Gasteiger partial charge in [0.15, 0.2) is 11.6 Å². The van der Waals surface area contributed by atoms with Crippen LogP contribution in [-0.2, 0) is 6.42 Å². The summed E-state index contributed by atoms with van der Waals surface area (Å²) in [5.41, 5.74) is 17.7. The summed E-state index contributed by atoms with van der Waals surface area (Å²) in [5.74, 6) is 2.39. The van der Waals surface area contributed by atoms with Crippen molar-refractivity contribution < 1.29 is 0 Å². The first kappa shape index (κ1) is 34.2. The second-order valence-electron chi connectivity index (χ2n) is 15.5. The predicted octanol–water partition coefficient (Wildman–Crippen LogP) is 2.41. The van der Waals surface area contributed by atoms with Gasteiger partial charge in [0, 0.05) is 44.2 Å². The Labute approximate surface area is 331 Å². The highest BCUT2D eigenvalue weighted by Crippen LogP contribution is 2.43. The lowest BCUT2D eigenvalue weighted by Crippen LogP contribution is -2.55. The summed E-state index contributed by atoms with van der Waals surface area (Å²) in [6, 6.07) is 43.1. The molecule has 5 nitrogen and oxygen atoms in total. The Balaban J connectivity index is 1.32. The minimum atomic E-state index is 0.452. The summed E-state index contributed by atoms with van der Waals surface area (Å²) < 4.78 is 4.74. The summed E-state index contributed by atoms with van der Waals surface area (Å²) in [5, 5.41) is 3.65. The Kier molecular flexibility index (Phi) is 8.07. The van der Waals surface area contributed by atoms with Gasteiger partial charge in [0.05, 0.1) is 16.6 Å². The number of para-hydroxylation sites is 2. The molecule has 1 atom stereocenters. The molecule has 1 aliphatic carbocycles. The first-order valence-electron chi connectivity index (χ1n) is 19.6. The average Bonchev–Trinajstić information content (AvgIpc) is 3.75. The summed E-state index contributed by atoms with van der Waals surface area (Å²) in [4.78, 5) is 16.3. The molecule has 0 amide bonds. The van der Waals surface area contributed by atoms with Crippen molar-refractivity contribution in [1.29, 1.82) is 0 Å². The molecule has 262 valence electrons. The van der Waals surface area contributed by atoms with Crippen molar-refractivity contribution in [3.63, 3.8) is 0 Å². The van der Waals surface area contributed by atoms with Gasteiger partial charge in [0.1, 0.15) is 39.2 Å². The normalized spacial score (nSPS) is 13.8. The number of hydrogen-bond acceptors (Lipinski definition) is 3. The van der Waals surface area contributed by atoms with E-state index < -0.39 is 0 Å². The zero-order chi connectivity index (χ0) is 38.2. The molecule has 0 bridgehead atoms. The molecule has 6 aromatic carbocycles. The van der Waals surface area contributed by atoms with Gasteiger partial charge >= 0.3 is 0 Å². The van der Waals surface area contributed by atoms with Crippen LogP contribution in [0.4, 0.5) is 0 Å². The van der Waals surface area contributed by atoms with Crippen LogP contribution in [-0.4, -0.2) is 63.3 Å². The number of rotatable bonds is 5. The van der Waals surface area contributed by atoms with Crippen LogP contribution in [0.1, 0.15) is 18.2 Å². The fourth-order valence-electron chi connectivity index (χ4n) is 9.10. The SMILES string of the molecule is Bc1c(B)c(B)c(-c2nc(-c3ccccc3-c3ccccc3)nc(-n3c4ccccc4c4c5c6c(n(-c7ccccc7)c5ccc43)CC(C)C=C6)n2)c(B)c1B.